The van der Waals surface area contributed by atoms with E-state index >= 15 is 0 Å². The van der Waals surface area contributed by atoms with Gasteiger partial charge in [-0.1, -0.05) is 49.7 Å². The second-order valence-electron chi connectivity index (χ2n) is 11.1. The van der Waals surface area contributed by atoms with Crippen LogP contribution in [-0.2, 0) is 4.79 Å². The molecule has 10 heteroatoms. The molecule has 4 heterocycles. The zero-order valence-corrected chi connectivity index (χ0v) is 24.6. The molecule has 0 saturated carbocycles. The molecular formula is C31H34ClF3N4OS. The molecule has 5 nitrogen and oxygen atoms in total. The van der Waals surface area contributed by atoms with Crippen molar-refractivity contribution in [1.29, 1.82) is 0 Å². The van der Waals surface area contributed by atoms with Crippen molar-refractivity contribution in [3.8, 4) is 0 Å². The first-order valence-electron chi connectivity index (χ1n) is 13.9. The summed E-state index contributed by atoms with van der Waals surface area (Å²) >= 11 is 8.26. The first kappa shape index (κ1) is 29.7. The maximum Gasteiger partial charge on any atom is 0.260 e. The molecule has 4 aliphatic heterocycles. The summed E-state index contributed by atoms with van der Waals surface area (Å²) in [6, 6.07) is 2.43. The van der Waals surface area contributed by atoms with Crippen LogP contribution >= 0.6 is 23.4 Å². The van der Waals surface area contributed by atoms with Gasteiger partial charge in [0, 0.05) is 34.9 Å². The molecule has 0 aliphatic carbocycles. The number of benzene rings is 1. The molecule has 3 unspecified atom stereocenters. The number of thioether (sulfide) groups is 1. The lowest BCUT2D eigenvalue weighted by Gasteiger charge is -2.36. The van der Waals surface area contributed by atoms with Gasteiger partial charge in [0.1, 0.15) is 23.7 Å². The van der Waals surface area contributed by atoms with Gasteiger partial charge in [0.2, 0.25) is 5.91 Å². The normalized spacial score (nSPS) is 26.4. The molecule has 1 aromatic rings. The van der Waals surface area contributed by atoms with Crippen molar-refractivity contribution < 1.29 is 18.0 Å². The van der Waals surface area contributed by atoms with E-state index in [4.69, 9.17) is 16.6 Å². The van der Waals surface area contributed by atoms with Crippen LogP contribution in [0.5, 0.6) is 0 Å². The van der Waals surface area contributed by atoms with Crippen molar-refractivity contribution in [1.82, 2.24) is 10.2 Å². The van der Waals surface area contributed by atoms with Crippen molar-refractivity contribution >= 4 is 40.8 Å². The van der Waals surface area contributed by atoms with E-state index in [1.807, 2.05) is 13.8 Å². The number of nitrogens with one attached hydrogen (secondary N) is 1. The number of amides is 1. The summed E-state index contributed by atoms with van der Waals surface area (Å²) in [5, 5.41) is 5.46. The highest BCUT2D eigenvalue weighted by atomic mass is 35.5. The molecule has 0 radical (unpaired) electrons. The van der Waals surface area contributed by atoms with Crippen LogP contribution in [0.1, 0.15) is 44.7 Å². The quantitative estimate of drug-likeness (QED) is 0.306. The number of hydrogen-bond acceptors (Lipinski definition) is 5. The molecular weight excluding hydrogens is 569 g/mol. The van der Waals surface area contributed by atoms with Crippen molar-refractivity contribution in [3.05, 3.63) is 82.2 Å². The lowest BCUT2D eigenvalue weighted by atomic mass is 9.88. The Hall–Kier alpha value is -2.78. The third-order valence-electron chi connectivity index (χ3n) is 7.97. The number of alkyl halides is 2. The SMILES string of the molecule is C=CC(C(=O)NC[C@H]1CC2=C(C3=NC(C(F)F)CC=C3)[C@H](c3ccc(F)cc3Cl)N=C(C3CC=CS3)N2C1)C(C)C. The number of carbonyl (C=O) groups is 1. The minimum Gasteiger partial charge on any atom is -0.355 e. The number of fused-ring (bicyclic) bond motifs is 1. The second kappa shape index (κ2) is 12.6. The second-order valence-corrected chi connectivity index (χ2v) is 12.7. The Labute approximate surface area is 248 Å². The predicted molar refractivity (Wildman–Crippen MR) is 161 cm³/mol. The Bertz CT molecular complexity index is 1350. The standard InChI is InChI=1S/C31H34ClF3N4OS/c1-4-20(17(2)3)31(40)36-15-18-13-25-27(23-7-5-8-24(37-23)29(34)35)28(21-11-10-19(33)14-22(21)32)38-30(39(25)16-18)26-9-6-12-41-26/h4-7,10-12,14,17-18,20,24,26,28-29H,1,8-9,13,15-16H2,2-3H3,(H,36,40)/t18-,20?,24?,26?,28+/m1/s1. The predicted octanol–water partition coefficient (Wildman–Crippen LogP) is 7.14. The van der Waals surface area contributed by atoms with Crippen molar-refractivity contribution in [2.45, 2.75) is 56.9 Å². The number of aliphatic imine (C=N–C) groups is 2. The van der Waals surface area contributed by atoms with Crippen LogP contribution in [-0.4, -0.2) is 53.2 Å². The minimum atomic E-state index is -2.60. The van der Waals surface area contributed by atoms with Gasteiger partial charge in [-0.2, -0.15) is 0 Å². The molecule has 1 saturated heterocycles. The summed E-state index contributed by atoms with van der Waals surface area (Å²) < 4.78 is 41.7. The summed E-state index contributed by atoms with van der Waals surface area (Å²) in [5.41, 5.74) is 2.69. The molecule has 4 aliphatic rings. The van der Waals surface area contributed by atoms with E-state index in [0.29, 0.717) is 36.4 Å². The lowest BCUT2D eigenvalue weighted by Crippen LogP contribution is -2.41. The van der Waals surface area contributed by atoms with Gasteiger partial charge in [-0.25, -0.2) is 13.2 Å². The largest absolute Gasteiger partial charge is 0.355 e. The summed E-state index contributed by atoms with van der Waals surface area (Å²) in [5.74, 6) is 0.248. The monoisotopic (exact) mass is 602 g/mol. The number of dihydropyridines is 1. The average molecular weight is 603 g/mol. The Balaban J connectivity index is 1.57. The van der Waals surface area contributed by atoms with E-state index < -0.39 is 24.3 Å². The Morgan fingerprint density at radius 3 is 2.73 bits per heavy atom. The van der Waals surface area contributed by atoms with Crippen LogP contribution in [0, 0.1) is 23.6 Å². The van der Waals surface area contributed by atoms with E-state index in [9.17, 15) is 18.0 Å². The molecule has 0 aromatic heterocycles. The van der Waals surface area contributed by atoms with Gasteiger partial charge < -0.3 is 10.2 Å². The van der Waals surface area contributed by atoms with Crippen molar-refractivity contribution in [2.24, 2.45) is 27.7 Å². The Kier molecular flexibility index (Phi) is 9.14. The maximum absolute atomic E-state index is 14.1. The smallest absolute Gasteiger partial charge is 0.260 e. The summed E-state index contributed by atoms with van der Waals surface area (Å²) in [7, 11) is 0. The molecule has 0 bridgehead atoms. The van der Waals surface area contributed by atoms with Gasteiger partial charge in [-0.05, 0) is 54.7 Å². The van der Waals surface area contributed by atoms with Gasteiger partial charge in [0.15, 0.2) is 0 Å². The zero-order valence-electron chi connectivity index (χ0n) is 23.1. The highest BCUT2D eigenvalue weighted by Gasteiger charge is 2.42. The number of rotatable bonds is 9. The van der Waals surface area contributed by atoms with E-state index in [2.05, 4.69) is 33.3 Å². The number of amidine groups is 1. The molecule has 5 rings (SSSR count). The average Bonchev–Trinajstić information content (AvgIpc) is 3.62. The van der Waals surface area contributed by atoms with Crippen molar-refractivity contribution in [3.63, 3.8) is 0 Å². The van der Waals surface area contributed by atoms with E-state index in [-0.39, 0.29) is 40.4 Å². The minimum absolute atomic E-state index is 0.0613. The van der Waals surface area contributed by atoms with E-state index in [1.165, 1.54) is 12.1 Å². The van der Waals surface area contributed by atoms with Crippen LogP contribution in [0.4, 0.5) is 13.2 Å². The fourth-order valence-corrected chi connectivity index (χ4v) is 7.08. The van der Waals surface area contributed by atoms with Gasteiger partial charge in [-0.3, -0.25) is 14.8 Å². The summed E-state index contributed by atoms with van der Waals surface area (Å²) in [6.45, 7) is 8.87. The fraction of sp³-hybridized carbons (Fsp3) is 0.452. The molecule has 41 heavy (non-hydrogen) atoms. The number of allylic oxidation sites excluding steroid dienone is 3. The molecule has 5 atom stereocenters. The maximum atomic E-state index is 14.1. The highest BCUT2D eigenvalue weighted by Crippen LogP contribution is 2.45. The first-order chi connectivity index (χ1) is 19.7. The highest BCUT2D eigenvalue weighted by molar-refractivity contribution is 8.03. The van der Waals surface area contributed by atoms with E-state index in [1.54, 1.807) is 36.1 Å². The number of hydrogen-bond donors (Lipinski definition) is 1. The molecule has 1 amide bonds. The molecule has 218 valence electrons. The molecule has 0 spiro atoms. The first-order valence-corrected chi connectivity index (χ1v) is 15.3. The fourth-order valence-electron chi connectivity index (χ4n) is 5.87. The zero-order chi connectivity index (χ0) is 29.3. The molecule has 1 aromatic carbocycles. The topological polar surface area (TPSA) is 57.1 Å². The third kappa shape index (κ3) is 6.21. The lowest BCUT2D eigenvalue weighted by molar-refractivity contribution is -0.124. The van der Waals surface area contributed by atoms with Gasteiger partial charge >= 0.3 is 0 Å². The summed E-state index contributed by atoms with van der Waals surface area (Å²) in [6.07, 6.45) is 6.25. The van der Waals surface area contributed by atoms with E-state index in [0.717, 1.165) is 18.0 Å². The van der Waals surface area contributed by atoms with Crippen LogP contribution in [0.3, 0.4) is 0 Å². The van der Waals surface area contributed by atoms with Gasteiger partial charge in [-0.15, -0.1) is 18.3 Å². The van der Waals surface area contributed by atoms with Crippen LogP contribution in [0.25, 0.3) is 0 Å². The van der Waals surface area contributed by atoms with Crippen molar-refractivity contribution in [2.75, 3.05) is 13.1 Å². The Morgan fingerprint density at radius 2 is 2.07 bits per heavy atom. The van der Waals surface area contributed by atoms with Crippen LogP contribution in [0.15, 0.2) is 75.7 Å². The number of halogens is 4. The van der Waals surface area contributed by atoms with Gasteiger partial charge in [0.25, 0.3) is 6.43 Å². The van der Waals surface area contributed by atoms with Crippen LogP contribution in [0.2, 0.25) is 5.02 Å². The Morgan fingerprint density at radius 1 is 1.27 bits per heavy atom. The number of nitrogens with zero attached hydrogens (tertiary/aromatic N) is 3. The number of carbonyl (C=O) groups excluding carboxylic acids is 1. The summed E-state index contributed by atoms with van der Waals surface area (Å²) in [4.78, 5) is 24.7. The molecule has 1 N–H and O–H groups in total. The van der Waals surface area contributed by atoms with Crippen LogP contribution < -0.4 is 5.32 Å². The third-order valence-corrected chi connectivity index (χ3v) is 9.38. The molecule has 1 fully saturated rings. The van der Waals surface area contributed by atoms with Gasteiger partial charge in [0.05, 0.1) is 16.9 Å².